The summed E-state index contributed by atoms with van der Waals surface area (Å²) in [5.41, 5.74) is 9.65. The second kappa shape index (κ2) is 29.9. The maximum absolute atomic E-state index is 9.19. The van der Waals surface area contributed by atoms with Gasteiger partial charge in [0.2, 0.25) is 21.1 Å². The molecule has 5 aromatic rings. The van der Waals surface area contributed by atoms with Crippen molar-refractivity contribution in [1.82, 2.24) is 0 Å². The highest BCUT2D eigenvalue weighted by Crippen LogP contribution is 2.44. The second-order valence-corrected chi connectivity index (χ2v) is 17.6. The standard InChI is InChI=1S/C44H34ClS2.C2H6.CH4O3S.2CH4.2O3S/c45-44-38(26-24-32-28-40(34-14-5-1-6-15-34)46-41(29-32)35-16-7-2-8-17-35)22-13-23-39(44)27-25-33-30-42(36-18-9-3-10-19-36)47-43(31-33)37-20-11-4-12-21-37;1-2;1-5(2,3)4;;;2*1-4(2)3/h1-12,14-21,24-31H,13,22-23H2;1-2H3;1H3,(H,2,3,4);2*1H4;;/q+1;;;;;;. The molecule has 2 aliphatic rings. The van der Waals surface area contributed by atoms with Gasteiger partial charge < -0.3 is 0 Å². The summed E-state index contributed by atoms with van der Waals surface area (Å²) in [4.78, 5) is 5.00. The molecule has 0 atom stereocenters. The summed E-state index contributed by atoms with van der Waals surface area (Å²) >= 11 is 10.8. The highest BCUT2D eigenvalue weighted by Gasteiger charge is 2.19. The van der Waals surface area contributed by atoms with Gasteiger partial charge >= 0.3 is 21.2 Å². The van der Waals surface area contributed by atoms with Gasteiger partial charge in [0.1, 0.15) is 0 Å². The molecule has 15 heteroatoms. The molecule has 2 heterocycles. The van der Waals surface area contributed by atoms with Crippen LogP contribution < -0.4 is 0 Å². The third-order valence-electron chi connectivity index (χ3n) is 8.27. The van der Waals surface area contributed by atoms with Gasteiger partial charge in [0, 0.05) is 38.1 Å². The molecular formula is C49H52ClO9S5+. The zero-order valence-corrected chi connectivity index (χ0v) is 38.8. The van der Waals surface area contributed by atoms with E-state index in [2.05, 4.69) is 170 Å². The summed E-state index contributed by atoms with van der Waals surface area (Å²) in [6, 6.07) is 47.1. The molecule has 0 radical (unpaired) electrons. The minimum atomic E-state index is -3.67. The van der Waals surface area contributed by atoms with Crippen LogP contribution in [0.2, 0.25) is 0 Å². The zero-order valence-electron chi connectivity index (χ0n) is 33.9. The lowest BCUT2D eigenvalue weighted by Crippen LogP contribution is -1.98. The van der Waals surface area contributed by atoms with Gasteiger partial charge in [-0.2, -0.15) is 8.42 Å². The maximum atomic E-state index is 9.19. The van der Waals surface area contributed by atoms with Crippen molar-refractivity contribution in [3.05, 3.63) is 202 Å². The summed E-state index contributed by atoms with van der Waals surface area (Å²) < 4.78 is 76.5. The van der Waals surface area contributed by atoms with Gasteiger partial charge in [-0.05, 0) is 89.1 Å². The first-order valence-corrected chi connectivity index (χ1v) is 24.8. The third-order valence-corrected chi connectivity index (χ3v) is 11.1. The highest BCUT2D eigenvalue weighted by molar-refractivity contribution is 8.16. The van der Waals surface area contributed by atoms with Crippen molar-refractivity contribution in [3.8, 4) is 20.9 Å². The van der Waals surface area contributed by atoms with E-state index in [-0.39, 0.29) is 14.9 Å². The van der Waals surface area contributed by atoms with Gasteiger partial charge in [-0.1, -0.05) is 173 Å². The molecule has 338 valence electrons. The molecule has 0 amide bonds. The van der Waals surface area contributed by atoms with Gasteiger partial charge in [0.15, 0.2) is 0 Å². The Labute approximate surface area is 394 Å². The fourth-order valence-corrected chi connectivity index (χ4v) is 8.40. The largest absolute Gasteiger partial charge is 0.425 e. The van der Waals surface area contributed by atoms with E-state index in [1.165, 1.54) is 64.1 Å². The summed E-state index contributed by atoms with van der Waals surface area (Å²) in [6.45, 7) is 4.00. The molecule has 1 aliphatic carbocycles. The Hall–Kier alpha value is -5.32. The van der Waals surface area contributed by atoms with Gasteiger partial charge in [-0.15, -0.1) is 25.3 Å². The van der Waals surface area contributed by atoms with Crippen LogP contribution >= 0.6 is 34.7 Å². The second-order valence-electron chi connectivity index (χ2n) is 12.7. The lowest BCUT2D eigenvalue weighted by atomic mass is 9.93. The topological polar surface area (TPSA) is 157 Å². The lowest BCUT2D eigenvalue weighted by molar-refractivity contribution is 0.490. The van der Waals surface area contributed by atoms with Crippen molar-refractivity contribution in [2.75, 3.05) is 6.26 Å². The summed E-state index contributed by atoms with van der Waals surface area (Å²) in [6.07, 6.45) is 17.2. The van der Waals surface area contributed by atoms with Crippen molar-refractivity contribution in [2.24, 2.45) is 0 Å². The predicted molar refractivity (Wildman–Crippen MR) is 270 cm³/mol. The number of rotatable bonds is 7. The summed E-state index contributed by atoms with van der Waals surface area (Å²) in [5.74, 6) is 0. The molecular weight excluding hydrogens is 928 g/mol. The van der Waals surface area contributed by atoms with Crippen molar-refractivity contribution < 1.29 is 38.2 Å². The van der Waals surface area contributed by atoms with Crippen molar-refractivity contribution in [2.45, 2.75) is 48.0 Å². The molecule has 7 rings (SSSR count). The van der Waals surface area contributed by atoms with Crippen LogP contribution in [0, 0.1) is 0 Å². The first-order valence-electron chi connectivity index (χ1n) is 18.9. The van der Waals surface area contributed by atoms with Crippen LogP contribution in [0.1, 0.15) is 64.7 Å². The number of benzene rings is 4. The maximum Gasteiger partial charge on any atom is 0.425 e. The first-order chi connectivity index (χ1) is 29.7. The molecule has 64 heavy (non-hydrogen) atoms. The van der Waals surface area contributed by atoms with E-state index >= 15 is 0 Å². The molecule has 0 fully saturated rings. The molecule has 0 saturated heterocycles. The molecule has 0 saturated carbocycles. The number of hydrogen-bond donors (Lipinski definition) is 1. The minimum Gasteiger partial charge on any atom is -0.286 e. The molecule has 1 aliphatic heterocycles. The highest BCUT2D eigenvalue weighted by atomic mass is 35.5. The molecule has 0 unspecified atom stereocenters. The Balaban J connectivity index is 0.00000106. The van der Waals surface area contributed by atoms with Crippen LogP contribution in [0.3, 0.4) is 0 Å². The van der Waals surface area contributed by atoms with E-state index in [1.54, 1.807) is 0 Å². The molecule has 0 spiro atoms. The SMILES string of the molecule is C.C.CC.CS(=O)(=O)O.ClC1=C(/C=C/c2cc(-c3ccccc3)[s+]c(-c3ccccc3)c2)CCC/C1=C\C=C1C=C(c2ccccc2)SC(c2ccccc2)=C1.O=S(=O)=O.O=S(=O)=O. The molecule has 9 nitrogen and oxygen atoms in total. The minimum absolute atomic E-state index is 0. The lowest BCUT2D eigenvalue weighted by Gasteiger charge is -2.18. The number of hydrogen-bond acceptors (Lipinski definition) is 9. The van der Waals surface area contributed by atoms with E-state index < -0.39 is 31.3 Å². The third kappa shape index (κ3) is 21.4. The predicted octanol–water partition coefficient (Wildman–Crippen LogP) is 13.5. The Kier molecular flexibility index (Phi) is 26.5. The average molecular weight is 981 g/mol. The van der Waals surface area contributed by atoms with Crippen LogP contribution in [0.5, 0.6) is 0 Å². The van der Waals surface area contributed by atoms with Gasteiger partial charge in [-0.3, -0.25) is 4.55 Å². The Morgan fingerprint density at radius 3 is 1.34 bits per heavy atom. The van der Waals surface area contributed by atoms with Crippen LogP contribution in [0.4, 0.5) is 0 Å². The monoisotopic (exact) mass is 979 g/mol. The normalized spacial score (nSPS) is 13.5. The Morgan fingerprint density at radius 2 is 0.969 bits per heavy atom. The summed E-state index contributed by atoms with van der Waals surface area (Å²) in [7, 11) is -9.89. The average Bonchev–Trinajstić information content (AvgIpc) is 3.26. The smallest absolute Gasteiger partial charge is 0.286 e. The van der Waals surface area contributed by atoms with E-state index in [9.17, 15) is 8.42 Å². The van der Waals surface area contributed by atoms with E-state index in [0.717, 1.165) is 24.3 Å². The van der Waals surface area contributed by atoms with E-state index in [0.29, 0.717) is 6.26 Å². The first kappa shape index (κ1) is 56.7. The number of allylic oxidation sites excluding steroid dienone is 9. The Morgan fingerprint density at radius 1 is 0.609 bits per heavy atom. The Bertz CT molecular complexity index is 2620. The molecule has 0 bridgehead atoms. The van der Waals surface area contributed by atoms with Gasteiger partial charge in [-0.25, -0.2) is 0 Å². The molecule has 4 aromatic carbocycles. The van der Waals surface area contributed by atoms with E-state index in [4.69, 9.17) is 41.4 Å². The summed E-state index contributed by atoms with van der Waals surface area (Å²) in [5, 5.41) is 0.874. The zero-order chi connectivity index (χ0) is 45.5. The van der Waals surface area contributed by atoms with Crippen molar-refractivity contribution in [3.63, 3.8) is 0 Å². The van der Waals surface area contributed by atoms with E-state index in [1.807, 2.05) is 36.9 Å². The van der Waals surface area contributed by atoms with Crippen LogP contribution in [-0.4, -0.2) is 44.5 Å². The molecule has 1 N–H and O–H groups in total. The van der Waals surface area contributed by atoms with Gasteiger partial charge in [0.05, 0.1) is 6.26 Å². The van der Waals surface area contributed by atoms with Crippen LogP contribution in [0.25, 0.3) is 36.8 Å². The fourth-order valence-electron chi connectivity index (χ4n) is 5.82. The quantitative estimate of drug-likeness (QED) is 0.123. The van der Waals surface area contributed by atoms with Crippen molar-refractivity contribution in [1.29, 1.82) is 0 Å². The number of thioether (sulfide) groups is 1. The van der Waals surface area contributed by atoms with Crippen LogP contribution in [-0.2, 0) is 31.3 Å². The molecule has 1 aromatic heterocycles. The van der Waals surface area contributed by atoms with Crippen molar-refractivity contribution >= 4 is 81.9 Å². The number of halogens is 1. The fraction of sp³-hybridized carbons (Fsp3) is 0.163. The van der Waals surface area contributed by atoms with Gasteiger partial charge in [0.25, 0.3) is 10.1 Å². The van der Waals surface area contributed by atoms with Crippen LogP contribution in [0.15, 0.2) is 186 Å².